The molecular formula is C21H19ClO3. The molecule has 4 rings (SSSR count). The maximum absolute atomic E-state index is 12.3. The zero-order chi connectivity index (χ0) is 17.4. The van der Waals surface area contributed by atoms with E-state index in [1.807, 2.05) is 31.2 Å². The number of rotatable bonds is 3. The second-order valence-electron chi connectivity index (χ2n) is 6.61. The summed E-state index contributed by atoms with van der Waals surface area (Å²) >= 11 is 6.44. The van der Waals surface area contributed by atoms with Crippen LogP contribution in [0.2, 0.25) is 5.02 Å². The smallest absolute Gasteiger partial charge is 0.339 e. The van der Waals surface area contributed by atoms with E-state index in [9.17, 15) is 4.79 Å². The average molecular weight is 355 g/mol. The minimum absolute atomic E-state index is 0.228. The lowest BCUT2D eigenvalue weighted by atomic mass is 9.91. The molecule has 0 saturated heterocycles. The summed E-state index contributed by atoms with van der Waals surface area (Å²) in [5, 5.41) is 1.48. The quantitative estimate of drug-likeness (QED) is 0.606. The molecule has 0 fully saturated rings. The lowest BCUT2D eigenvalue weighted by Gasteiger charge is -2.17. The van der Waals surface area contributed by atoms with Crippen LogP contribution in [0.1, 0.15) is 35.1 Å². The number of fused-ring (bicyclic) bond motifs is 3. The predicted octanol–water partition coefficient (Wildman–Crippen LogP) is 5.21. The Morgan fingerprint density at radius 2 is 1.92 bits per heavy atom. The first kappa shape index (κ1) is 16.2. The van der Waals surface area contributed by atoms with Crippen LogP contribution in [-0.2, 0) is 19.4 Å². The van der Waals surface area contributed by atoms with Crippen LogP contribution in [0.4, 0.5) is 0 Å². The van der Waals surface area contributed by atoms with E-state index in [0.29, 0.717) is 23.0 Å². The van der Waals surface area contributed by atoms with Gasteiger partial charge in [0.05, 0.1) is 5.02 Å². The van der Waals surface area contributed by atoms with Crippen molar-refractivity contribution in [3.63, 3.8) is 0 Å². The summed E-state index contributed by atoms with van der Waals surface area (Å²) in [5.41, 5.74) is 4.47. The fourth-order valence-corrected chi connectivity index (χ4v) is 3.74. The van der Waals surface area contributed by atoms with Gasteiger partial charge in [0.2, 0.25) is 0 Å². The molecule has 0 amide bonds. The fraction of sp³-hybridized carbons (Fsp3) is 0.286. The molecule has 1 heterocycles. The Labute approximate surface area is 151 Å². The van der Waals surface area contributed by atoms with Gasteiger partial charge in [0.25, 0.3) is 0 Å². The molecule has 0 atom stereocenters. The Hall–Kier alpha value is -2.26. The van der Waals surface area contributed by atoms with Gasteiger partial charge in [-0.05, 0) is 49.8 Å². The lowest BCUT2D eigenvalue weighted by Crippen LogP contribution is -2.15. The molecule has 128 valence electrons. The van der Waals surface area contributed by atoms with Crippen LogP contribution in [0.25, 0.3) is 11.0 Å². The minimum Gasteiger partial charge on any atom is -0.487 e. The summed E-state index contributed by atoms with van der Waals surface area (Å²) in [7, 11) is 0. The van der Waals surface area contributed by atoms with E-state index in [-0.39, 0.29) is 5.63 Å². The molecule has 3 nitrogen and oxygen atoms in total. The molecule has 0 radical (unpaired) electrons. The van der Waals surface area contributed by atoms with E-state index in [1.54, 1.807) is 6.07 Å². The maximum Gasteiger partial charge on any atom is 0.339 e. The van der Waals surface area contributed by atoms with Crippen molar-refractivity contribution in [1.82, 2.24) is 0 Å². The van der Waals surface area contributed by atoms with Crippen LogP contribution in [0.15, 0.2) is 45.6 Å². The molecular weight excluding hydrogens is 336 g/mol. The Kier molecular flexibility index (Phi) is 4.26. The average Bonchev–Trinajstić information content (AvgIpc) is 2.61. The highest BCUT2D eigenvalue weighted by Crippen LogP contribution is 2.34. The Morgan fingerprint density at radius 3 is 2.72 bits per heavy atom. The molecule has 25 heavy (non-hydrogen) atoms. The number of hydrogen-bond donors (Lipinski definition) is 0. The Bertz CT molecular complexity index is 1000. The van der Waals surface area contributed by atoms with Gasteiger partial charge in [-0.25, -0.2) is 4.79 Å². The monoisotopic (exact) mass is 354 g/mol. The third-order valence-electron chi connectivity index (χ3n) is 4.75. The number of aryl methyl sites for hydroxylation is 2. The zero-order valence-corrected chi connectivity index (χ0v) is 14.9. The van der Waals surface area contributed by atoms with Crippen molar-refractivity contribution in [2.75, 3.05) is 0 Å². The highest BCUT2D eigenvalue weighted by atomic mass is 35.5. The Morgan fingerprint density at radius 1 is 1.12 bits per heavy atom. The number of ether oxygens (including phenoxy) is 1. The molecule has 0 saturated carbocycles. The molecule has 0 unspecified atom stereocenters. The van der Waals surface area contributed by atoms with Crippen molar-refractivity contribution in [2.45, 2.75) is 39.2 Å². The summed E-state index contributed by atoms with van der Waals surface area (Å²) in [4.78, 5) is 12.3. The third-order valence-corrected chi connectivity index (χ3v) is 5.05. The summed E-state index contributed by atoms with van der Waals surface area (Å²) in [5.74, 6) is 0.537. The summed E-state index contributed by atoms with van der Waals surface area (Å²) < 4.78 is 11.4. The standard InChI is InChI=1S/C21H19ClO3/c1-13-5-4-6-14(9-13)12-24-20-11-19-17(10-18(20)22)15-7-2-3-8-16(15)21(23)25-19/h4-6,9-11H,2-3,7-8,12H2,1H3. The van der Waals surface area contributed by atoms with Gasteiger partial charge >= 0.3 is 5.63 Å². The first-order chi connectivity index (χ1) is 12.1. The number of hydrogen-bond acceptors (Lipinski definition) is 3. The summed E-state index contributed by atoms with van der Waals surface area (Å²) in [6, 6.07) is 11.7. The van der Waals surface area contributed by atoms with Crippen LogP contribution in [0.3, 0.4) is 0 Å². The summed E-state index contributed by atoms with van der Waals surface area (Å²) in [6.45, 7) is 2.46. The third kappa shape index (κ3) is 3.16. The van der Waals surface area contributed by atoms with E-state index in [0.717, 1.165) is 47.8 Å². The molecule has 2 aromatic carbocycles. The molecule has 0 N–H and O–H groups in total. The molecule has 0 spiro atoms. The van der Waals surface area contributed by atoms with Crippen LogP contribution in [0.5, 0.6) is 5.75 Å². The van der Waals surface area contributed by atoms with Gasteiger partial charge in [-0.2, -0.15) is 0 Å². The molecule has 1 aliphatic carbocycles. The van der Waals surface area contributed by atoms with Gasteiger partial charge in [0, 0.05) is 17.0 Å². The highest BCUT2D eigenvalue weighted by molar-refractivity contribution is 6.32. The molecule has 0 aliphatic heterocycles. The van der Waals surface area contributed by atoms with Crippen molar-refractivity contribution in [1.29, 1.82) is 0 Å². The summed E-state index contributed by atoms with van der Waals surface area (Å²) in [6.07, 6.45) is 3.82. The van der Waals surface area contributed by atoms with Gasteiger partial charge in [-0.3, -0.25) is 0 Å². The number of benzene rings is 2. The second-order valence-corrected chi connectivity index (χ2v) is 7.02. The van der Waals surface area contributed by atoms with E-state index in [4.69, 9.17) is 20.8 Å². The molecule has 4 heteroatoms. The van der Waals surface area contributed by atoms with E-state index >= 15 is 0 Å². The van der Waals surface area contributed by atoms with E-state index in [1.165, 1.54) is 5.56 Å². The van der Waals surface area contributed by atoms with Gasteiger partial charge in [-0.15, -0.1) is 0 Å². The lowest BCUT2D eigenvalue weighted by molar-refractivity contribution is 0.306. The van der Waals surface area contributed by atoms with Crippen LogP contribution in [-0.4, -0.2) is 0 Å². The van der Waals surface area contributed by atoms with Crippen LogP contribution >= 0.6 is 11.6 Å². The molecule has 3 aromatic rings. The molecule has 1 aromatic heterocycles. The van der Waals surface area contributed by atoms with Gasteiger partial charge in [-0.1, -0.05) is 41.4 Å². The van der Waals surface area contributed by atoms with Gasteiger partial charge in [0.1, 0.15) is 17.9 Å². The van der Waals surface area contributed by atoms with Crippen molar-refractivity contribution in [3.05, 3.63) is 74.1 Å². The largest absolute Gasteiger partial charge is 0.487 e. The maximum atomic E-state index is 12.3. The molecule has 0 bridgehead atoms. The second kappa shape index (κ2) is 6.57. The topological polar surface area (TPSA) is 39.4 Å². The van der Waals surface area contributed by atoms with Gasteiger partial charge in [0.15, 0.2) is 0 Å². The van der Waals surface area contributed by atoms with E-state index < -0.39 is 0 Å². The van der Waals surface area contributed by atoms with Crippen molar-refractivity contribution < 1.29 is 9.15 Å². The normalized spacial score (nSPS) is 13.7. The first-order valence-electron chi connectivity index (χ1n) is 8.58. The molecule has 1 aliphatic rings. The van der Waals surface area contributed by atoms with Crippen LogP contribution in [0, 0.1) is 6.92 Å². The zero-order valence-electron chi connectivity index (χ0n) is 14.1. The van der Waals surface area contributed by atoms with E-state index in [2.05, 4.69) is 6.07 Å². The number of halogens is 1. The first-order valence-corrected chi connectivity index (χ1v) is 8.96. The van der Waals surface area contributed by atoms with Gasteiger partial charge < -0.3 is 9.15 Å². The Balaban J connectivity index is 1.71. The van der Waals surface area contributed by atoms with Crippen molar-refractivity contribution >= 4 is 22.6 Å². The van der Waals surface area contributed by atoms with Crippen LogP contribution < -0.4 is 10.4 Å². The highest BCUT2D eigenvalue weighted by Gasteiger charge is 2.19. The predicted molar refractivity (Wildman–Crippen MR) is 99.6 cm³/mol. The van der Waals surface area contributed by atoms with Crippen molar-refractivity contribution in [3.8, 4) is 5.75 Å². The SMILES string of the molecule is Cc1cccc(COc2cc3oc(=O)c4c(c3cc2Cl)CCCC4)c1. The minimum atomic E-state index is -0.228. The van der Waals surface area contributed by atoms with Crippen molar-refractivity contribution in [2.24, 2.45) is 0 Å². The fourth-order valence-electron chi connectivity index (χ4n) is 3.52.